The van der Waals surface area contributed by atoms with E-state index in [-0.39, 0.29) is 24.1 Å². The number of hydrogen-bond acceptors (Lipinski definition) is 4. The largest absolute Gasteiger partial charge is 0.373 e. The van der Waals surface area contributed by atoms with E-state index in [9.17, 15) is 9.59 Å². The van der Waals surface area contributed by atoms with Crippen LogP contribution >= 0.6 is 0 Å². The van der Waals surface area contributed by atoms with Crippen molar-refractivity contribution >= 4 is 16.9 Å². The molecule has 0 bridgehead atoms. The van der Waals surface area contributed by atoms with Crippen LogP contribution in [-0.2, 0) is 22.7 Å². The van der Waals surface area contributed by atoms with Crippen LogP contribution in [0.25, 0.3) is 11.0 Å². The molecular formula is C22H23N3O3. The van der Waals surface area contributed by atoms with Crippen LogP contribution in [0.1, 0.15) is 18.4 Å². The van der Waals surface area contributed by atoms with Crippen molar-refractivity contribution in [1.29, 1.82) is 0 Å². The van der Waals surface area contributed by atoms with Crippen LogP contribution in [0.4, 0.5) is 0 Å². The Labute approximate surface area is 163 Å². The van der Waals surface area contributed by atoms with E-state index in [0.717, 1.165) is 18.4 Å². The van der Waals surface area contributed by atoms with Crippen molar-refractivity contribution < 1.29 is 9.53 Å². The summed E-state index contributed by atoms with van der Waals surface area (Å²) in [6.45, 7) is 1.93. The Balaban J connectivity index is 1.35. The number of benzene rings is 2. The van der Waals surface area contributed by atoms with Gasteiger partial charge in [-0.25, -0.2) is 4.98 Å². The molecule has 0 atom stereocenters. The monoisotopic (exact) mass is 377 g/mol. The average Bonchev–Trinajstić information content (AvgIpc) is 2.75. The predicted octanol–water partition coefficient (Wildman–Crippen LogP) is 2.60. The molecule has 28 heavy (non-hydrogen) atoms. The van der Waals surface area contributed by atoms with Crippen molar-refractivity contribution in [3.8, 4) is 0 Å². The van der Waals surface area contributed by atoms with Gasteiger partial charge < -0.3 is 9.64 Å². The zero-order valence-electron chi connectivity index (χ0n) is 15.7. The Kier molecular flexibility index (Phi) is 5.48. The number of aromatic nitrogens is 2. The topological polar surface area (TPSA) is 64.4 Å². The highest BCUT2D eigenvalue weighted by Gasteiger charge is 2.24. The number of para-hydroxylation sites is 2. The van der Waals surface area contributed by atoms with Gasteiger partial charge in [0.25, 0.3) is 5.56 Å². The van der Waals surface area contributed by atoms with Gasteiger partial charge in [-0.2, -0.15) is 0 Å². The fourth-order valence-corrected chi connectivity index (χ4v) is 3.57. The summed E-state index contributed by atoms with van der Waals surface area (Å²) in [5, 5.41) is 0. The van der Waals surface area contributed by atoms with Gasteiger partial charge >= 0.3 is 0 Å². The minimum absolute atomic E-state index is 0.0391. The summed E-state index contributed by atoms with van der Waals surface area (Å²) in [7, 11) is 0. The standard InChI is InChI=1S/C22H23N3O3/c26-21-14-23-19-8-4-5-9-20(19)25(21)15-22(27)24-12-10-18(11-13-24)28-16-17-6-2-1-3-7-17/h1-9,14,18H,10-13,15-16H2. The van der Waals surface area contributed by atoms with Crippen LogP contribution in [0, 0.1) is 0 Å². The third-order valence-electron chi connectivity index (χ3n) is 5.17. The van der Waals surface area contributed by atoms with Gasteiger partial charge in [-0.1, -0.05) is 42.5 Å². The molecule has 2 heterocycles. The summed E-state index contributed by atoms with van der Waals surface area (Å²) < 4.78 is 7.49. The Morgan fingerprint density at radius 3 is 2.54 bits per heavy atom. The summed E-state index contributed by atoms with van der Waals surface area (Å²) in [6.07, 6.45) is 3.06. The lowest BCUT2D eigenvalue weighted by atomic mass is 10.1. The molecule has 1 aliphatic heterocycles. The van der Waals surface area contributed by atoms with E-state index >= 15 is 0 Å². The zero-order chi connectivity index (χ0) is 19.3. The molecule has 0 spiro atoms. The third-order valence-corrected chi connectivity index (χ3v) is 5.17. The van der Waals surface area contributed by atoms with Crippen LogP contribution in [0.5, 0.6) is 0 Å². The van der Waals surface area contributed by atoms with Crippen LogP contribution in [0.15, 0.2) is 65.6 Å². The first kappa shape index (κ1) is 18.4. The normalized spacial score (nSPS) is 15.1. The number of rotatable bonds is 5. The molecule has 0 saturated carbocycles. The van der Waals surface area contributed by atoms with Gasteiger partial charge in [0, 0.05) is 13.1 Å². The van der Waals surface area contributed by atoms with Crippen molar-refractivity contribution in [2.75, 3.05) is 13.1 Å². The second-order valence-corrected chi connectivity index (χ2v) is 7.05. The fraction of sp³-hybridized carbons (Fsp3) is 0.318. The SMILES string of the molecule is O=C(Cn1c(=O)cnc2ccccc21)N1CCC(OCc2ccccc2)CC1. The highest BCUT2D eigenvalue weighted by atomic mass is 16.5. The quantitative estimate of drug-likeness (QED) is 0.686. The summed E-state index contributed by atoms with van der Waals surface area (Å²) in [5.74, 6) is -0.0417. The smallest absolute Gasteiger partial charge is 0.269 e. The fourth-order valence-electron chi connectivity index (χ4n) is 3.57. The molecule has 6 heteroatoms. The van der Waals surface area contributed by atoms with Crippen molar-refractivity contribution in [2.24, 2.45) is 0 Å². The lowest BCUT2D eigenvalue weighted by molar-refractivity contribution is -0.134. The molecule has 0 N–H and O–H groups in total. The lowest BCUT2D eigenvalue weighted by Gasteiger charge is -2.32. The molecule has 0 radical (unpaired) electrons. The maximum atomic E-state index is 12.8. The van der Waals surface area contributed by atoms with Crippen LogP contribution < -0.4 is 5.56 Å². The second-order valence-electron chi connectivity index (χ2n) is 7.05. The molecule has 1 saturated heterocycles. The van der Waals surface area contributed by atoms with Crippen molar-refractivity contribution in [3.05, 3.63) is 76.7 Å². The lowest BCUT2D eigenvalue weighted by Crippen LogP contribution is -2.43. The van der Waals surface area contributed by atoms with Gasteiger partial charge in [-0.05, 0) is 30.5 Å². The number of likely N-dealkylation sites (tertiary alicyclic amines) is 1. The number of piperidine rings is 1. The maximum Gasteiger partial charge on any atom is 0.269 e. The van der Waals surface area contributed by atoms with Crippen LogP contribution in [-0.4, -0.2) is 39.6 Å². The molecular weight excluding hydrogens is 354 g/mol. The number of carbonyl (C=O) groups is 1. The van der Waals surface area contributed by atoms with Gasteiger partial charge in [0.1, 0.15) is 6.54 Å². The number of ether oxygens (including phenoxy) is 1. The van der Waals surface area contributed by atoms with Gasteiger partial charge in [0.2, 0.25) is 5.91 Å². The Morgan fingerprint density at radius 1 is 1.04 bits per heavy atom. The molecule has 0 aliphatic carbocycles. The Hall–Kier alpha value is -2.99. The van der Waals surface area contributed by atoms with Crippen LogP contribution in [0.2, 0.25) is 0 Å². The molecule has 3 aromatic rings. The molecule has 0 unspecified atom stereocenters. The minimum Gasteiger partial charge on any atom is -0.373 e. The first-order chi connectivity index (χ1) is 13.7. The van der Waals surface area contributed by atoms with E-state index in [4.69, 9.17) is 4.74 Å². The first-order valence-corrected chi connectivity index (χ1v) is 9.58. The Bertz CT molecular complexity index is 1010. The molecule has 1 aliphatic rings. The number of nitrogens with zero attached hydrogens (tertiary/aromatic N) is 3. The van der Waals surface area contributed by atoms with Crippen molar-refractivity contribution in [2.45, 2.75) is 32.1 Å². The highest BCUT2D eigenvalue weighted by Crippen LogP contribution is 2.17. The Morgan fingerprint density at radius 2 is 1.75 bits per heavy atom. The number of carbonyl (C=O) groups excluding carboxylic acids is 1. The molecule has 1 amide bonds. The van der Waals surface area contributed by atoms with Gasteiger partial charge in [-0.15, -0.1) is 0 Å². The third kappa shape index (κ3) is 4.12. The highest BCUT2D eigenvalue weighted by molar-refractivity contribution is 5.80. The van der Waals surface area contributed by atoms with Crippen molar-refractivity contribution in [1.82, 2.24) is 14.5 Å². The molecule has 2 aromatic carbocycles. The van der Waals surface area contributed by atoms with Gasteiger partial charge in [0.05, 0.1) is 29.9 Å². The van der Waals surface area contributed by atoms with E-state index in [1.54, 1.807) is 0 Å². The predicted molar refractivity (Wildman–Crippen MR) is 107 cm³/mol. The van der Waals surface area contributed by atoms with E-state index in [1.807, 2.05) is 47.4 Å². The first-order valence-electron chi connectivity index (χ1n) is 9.58. The van der Waals surface area contributed by atoms with Crippen LogP contribution in [0.3, 0.4) is 0 Å². The molecule has 1 aromatic heterocycles. The summed E-state index contributed by atoms with van der Waals surface area (Å²) >= 11 is 0. The summed E-state index contributed by atoms with van der Waals surface area (Å²) in [4.78, 5) is 31.0. The van der Waals surface area contributed by atoms with E-state index in [2.05, 4.69) is 17.1 Å². The minimum atomic E-state index is -0.256. The number of hydrogen-bond donors (Lipinski definition) is 0. The van der Waals surface area contributed by atoms with Crippen molar-refractivity contribution in [3.63, 3.8) is 0 Å². The number of fused-ring (bicyclic) bond motifs is 1. The zero-order valence-corrected chi connectivity index (χ0v) is 15.7. The van der Waals surface area contributed by atoms with Gasteiger partial charge in [-0.3, -0.25) is 14.2 Å². The number of amides is 1. The van der Waals surface area contributed by atoms with E-state index in [1.165, 1.54) is 10.8 Å². The molecule has 6 nitrogen and oxygen atoms in total. The summed E-state index contributed by atoms with van der Waals surface area (Å²) in [6, 6.07) is 17.5. The average molecular weight is 377 g/mol. The van der Waals surface area contributed by atoms with E-state index < -0.39 is 0 Å². The van der Waals surface area contributed by atoms with E-state index in [0.29, 0.717) is 30.7 Å². The maximum absolute atomic E-state index is 12.8. The summed E-state index contributed by atoms with van der Waals surface area (Å²) in [5.41, 5.74) is 2.30. The van der Waals surface area contributed by atoms with Gasteiger partial charge in [0.15, 0.2) is 0 Å². The molecule has 144 valence electrons. The molecule has 4 rings (SSSR count). The molecule has 1 fully saturated rings. The second kappa shape index (κ2) is 8.35.